The van der Waals surface area contributed by atoms with Crippen molar-refractivity contribution in [1.29, 1.82) is 0 Å². The SMILES string of the molecule is CC1CCC(CCNC(=O)CNCC(F)(F)F)CC1. The molecule has 1 fully saturated rings. The predicted octanol–water partition coefficient (Wildman–Crippen LogP) is 2.47. The molecule has 0 aliphatic heterocycles. The van der Waals surface area contributed by atoms with Gasteiger partial charge in [-0.25, -0.2) is 0 Å². The molecule has 0 heterocycles. The van der Waals surface area contributed by atoms with E-state index in [9.17, 15) is 18.0 Å². The zero-order valence-corrected chi connectivity index (χ0v) is 11.4. The van der Waals surface area contributed by atoms with E-state index in [1.807, 2.05) is 0 Å². The van der Waals surface area contributed by atoms with Crippen molar-refractivity contribution in [2.45, 2.75) is 45.2 Å². The van der Waals surface area contributed by atoms with Crippen LogP contribution in [0.25, 0.3) is 0 Å². The van der Waals surface area contributed by atoms with Gasteiger partial charge in [-0.15, -0.1) is 0 Å². The van der Waals surface area contributed by atoms with Gasteiger partial charge in [-0.3, -0.25) is 4.79 Å². The van der Waals surface area contributed by atoms with Gasteiger partial charge in [0.25, 0.3) is 0 Å². The van der Waals surface area contributed by atoms with Crippen LogP contribution in [0.3, 0.4) is 0 Å². The third-order valence-electron chi connectivity index (χ3n) is 3.62. The molecule has 19 heavy (non-hydrogen) atoms. The molecule has 3 nitrogen and oxygen atoms in total. The van der Waals surface area contributed by atoms with Crippen molar-refractivity contribution in [2.24, 2.45) is 11.8 Å². The van der Waals surface area contributed by atoms with Crippen LogP contribution >= 0.6 is 0 Å². The van der Waals surface area contributed by atoms with E-state index < -0.39 is 12.7 Å². The highest BCUT2D eigenvalue weighted by atomic mass is 19.4. The van der Waals surface area contributed by atoms with Crippen molar-refractivity contribution >= 4 is 5.91 Å². The minimum atomic E-state index is -4.26. The zero-order valence-electron chi connectivity index (χ0n) is 11.4. The van der Waals surface area contributed by atoms with E-state index in [0.717, 1.165) is 12.3 Å². The number of carbonyl (C=O) groups is 1. The number of amides is 1. The van der Waals surface area contributed by atoms with Crippen molar-refractivity contribution in [1.82, 2.24) is 10.6 Å². The van der Waals surface area contributed by atoms with Crippen LogP contribution in [0.5, 0.6) is 0 Å². The van der Waals surface area contributed by atoms with Crippen LogP contribution in [-0.4, -0.2) is 31.7 Å². The first-order valence-corrected chi connectivity index (χ1v) is 6.91. The molecule has 0 aromatic carbocycles. The molecule has 0 saturated heterocycles. The third kappa shape index (κ3) is 8.08. The smallest absolute Gasteiger partial charge is 0.355 e. The second-order valence-electron chi connectivity index (χ2n) is 5.48. The monoisotopic (exact) mass is 280 g/mol. The van der Waals surface area contributed by atoms with Crippen LogP contribution in [0.1, 0.15) is 39.0 Å². The van der Waals surface area contributed by atoms with E-state index in [1.165, 1.54) is 25.7 Å². The van der Waals surface area contributed by atoms with Crippen LogP contribution in [-0.2, 0) is 4.79 Å². The lowest BCUT2D eigenvalue weighted by molar-refractivity contribution is -0.128. The van der Waals surface area contributed by atoms with Crippen molar-refractivity contribution < 1.29 is 18.0 Å². The summed E-state index contributed by atoms with van der Waals surface area (Å²) in [5.41, 5.74) is 0. The standard InChI is InChI=1S/C13H23F3N2O/c1-10-2-4-11(5-3-10)6-7-18-12(19)8-17-9-13(14,15)16/h10-11,17H,2-9H2,1H3,(H,18,19). The summed E-state index contributed by atoms with van der Waals surface area (Å²) in [5.74, 6) is 1.09. The maximum absolute atomic E-state index is 11.8. The molecule has 0 aromatic heterocycles. The van der Waals surface area contributed by atoms with Crippen LogP contribution in [0.4, 0.5) is 13.2 Å². The van der Waals surface area contributed by atoms with Gasteiger partial charge in [0.1, 0.15) is 0 Å². The highest BCUT2D eigenvalue weighted by molar-refractivity contribution is 5.77. The van der Waals surface area contributed by atoms with E-state index >= 15 is 0 Å². The fourth-order valence-electron chi connectivity index (χ4n) is 2.41. The summed E-state index contributed by atoms with van der Waals surface area (Å²) < 4.78 is 35.5. The quantitative estimate of drug-likeness (QED) is 0.785. The lowest BCUT2D eigenvalue weighted by Gasteiger charge is -2.26. The third-order valence-corrected chi connectivity index (χ3v) is 3.62. The molecule has 0 spiro atoms. The number of rotatable bonds is 6. The van der Waals surface area contributed by atoms with Crippen LogP contribution < -0.4 is 10.6 Å². The Hall–Kier alpha value is -0.780. The van der Waals surface area contributed by atoms with Crippen molar-refractivity contribution in [3.8, 4) is 0 Å². The minimum absolute atomic E-state index is 0.277. The second kappa shape index (κ2) is 7.72. The van der Waals surface area contributed by atoms with Gasteiger partial charge in [-0.1, -0.05) is 32.6 Å². The van der Waals surface area contributed by atoms with Crippen molar-refractivity contribution in [2.75, 3.05) is 19.6 Å². The average Bonchev–Trinajstić information content (AvgIpc) is 2.30. The first-order valence-electron chi connectivity index (χ1n) is 6.91. The van der Waals surface area contributed by atoms with E-state index in [4.69, 9.17) is 0 Å². The predicted molar refractivity (Wildman–Crippen MR) is 67.7 cm³/mol. The van der Waals surface area contributed by atoms with Crippen LogP contribution in [0, 0.1) is 11.8 Å². The summed E-state index contributed by atoms with van der Waals surface area (Å²) in [7, 11) is 0. The highest BCUT2D eigenvalue weighted by Crippen LogP contribution is 2.29. The number of alkyl halides is 3. The van der Waals surface area contributed by atoms with Gasteiger partial charge in [-0.05, 0) is 18.3 Å². The molecular formula is C13H23F3N2O. The van der Waals surface area contributed by atoms with Crippen molar-refractivity contribution in [3.05, 3.63) is 0 Å². The molecule has 1 aliphatic carbocycles. The molecular weight excluding hydrogens is 257 g/mol. The first kappa shape index (κ1) is 16.3. The molecule has 2 N–H and O–H groups in total. The number of carbonyl (C=O) groups excluding carboxylic acids is 1. The molecule has 0 radical (unpaired) electrons. The van der Waals surface area contributed by atoms with E-state index in [-0.39, 0.29) is 12.5 Å². The molecule has 0 unspecified atom stereocenters. The summed E-state index contributed by atoms with van der Waals surface area (Å²) in [4.78, 5) is 11.3. The second-order valence-corrected chi connectivity index (χ2v) is 5.48. The summed E-state index contributed by atoms with van der Waals surface area (Å²) in [6.07, 6.45) is 1.54. The maximum atomic E-state index is 11.8. The Morgan fingerprint density at radius 1 is 1.21 bits per heavy atom. The lowest BCUT2D eigenvalue weighted by atomic mass is 9.81. The number of halogens is 3. The van der Waals surface area contributed by atoms with E-state index in [2.05, 4.69) is 17.6 Å². The summed E-state index contributed by atoms with van der Waals surface area (Å²) >= 11 is 0. The highest BCUT2D eigenvalue weighted by Gasteiger charge is 2.26. The molecule has 0 bridgehead atoms. The van der Waals surface area contributed by atoms with Gasteiger partial charge in [0.2, 0.25) is 5.91 Å². The van der Waals surface area contributed by atoms with Gasteiger partial charge in [0, 0.05) is 6.54 Å². The Morgan fingerprint density at radius 3 is 2.42 bits per heavy atom. The zero-order chi connectivity index (χ0) is 14.3. The van der Waals surface area contributed by atoms with Gasteiger partial charge < -0.3 is 10.6 Å². The summed E-state index contributed by atoms with van der Waals surface area (Å²) in [6.45, 7) is 1.41. The number of nitrogens with one attached hydrogen (secondary N) is 2. The lowest BCUT2D eigenvalue weighted by Crippen LogP contribution is -2.38. The molecule has 0 aromatic rings. The van der Waals surface area contributed by atoms with Gasteiger partial charge in [0.05, 0.1) is 13.1 Å². The van der Waals surface area contributed by atoms with E-state index in [1.54, 1.807) is 0 Å². The molecule has 1 aliphatic rings. The normalized spacial score (nSPS) is 24.2. The van der Waals surface area contributed by atoms with Gasteiger partial charge in [-0.2, -0.15) is 13.2 Å². The number of hydrogen-bond acceptors (Lipinski definition) is 2. The Morgan fingerprint density at radius 2 is 1.84 bits per heavy atom. The Kier molecular flexibility index (Phi) is 6.62. The minimum Gasteiger partial charge on any atom is -0.355 e. The Balaban J connectivity index is 2.01. The average molecular weight is 280 g/mol. The summed E-state index contributed by atoms with van der Waals surface area (Å²) in [6, 6.07) is 0. The van der Waals surface area contributed by atoms with Gasteiger partial charge in [0.15, 0.2) is 0 Å². The molecule has 1 amide bonds. The fourth-order valence-corrected chi connectivity index (χ4v) is 2.41. The van der Waals surface area contributed by atoms with Crippen LogP contribution in [0.15, 0.2) is 0 Å². The molecule has 112 valence electrons. The fraction of sp³-hybridized carbons (Fsp3) is 0.923. The van der Waals surface area contributed by atoms with Gasteiger partial charge >= 0.3 is 6.18 Å². The summed E-state index contributed by atoms with van der Waals surface area (Å²) in [5, 5.41) is 4.74. The largest absolute Gasteiger partial charge is 0.401 e. The topological polar surface area (TPSA) is 41.1 Å². The van der Waals surface area contributed by atoms with Crippen molar-refractivity contribution in [3.63, 3.8) is 0 Å². The molecule has 6 heteroatoms. The maximum Gasteiger partial charge on any atom is 0.401 e. The van der Waals surface area contributed by atoms with Crippen LogP contribution in [0.2, 0.25) is 0 Å². The Labute approximate surface area is 112 Å². The number of hydrogen-bond donors (Lipinski definition) is 2. The molecule has 1 rings (SSSR count). The Bertz CT molecular complexity index is 274. The van der Waals surface area contributed by atoms with E-state index in [0.29, 0.717) is 12.5 Å². The molecule has 0 atom stereocenters. The molecule has 1 saturated carbocycles. The first-order chi connectivity index (χ1) is 8.87.